The first-order chi connectivity index (χ1) is 12.8. The summed E-state index contributed by atoms with van der Waals surface area (Å²) in [7, 11) is 0. The van der Waals surface area contributed by atoms with Crippen molar-refractivity contribution in [3.8, 4) is 0 Å². The zero-order valence-corrected chi connectivity index (χ0v) is 14.2. The topological polar surface area (TPSA) is 54.4 Å². The number of hydrogen-bond donors (Lipinski definition) is 1. The molecule has 0 aliphatic heterocycles. The Morgan fingerprint density at radius 3 is 2.23 bits per heavy atom. The number of amides is 1. The van der Waals surface area contributed by atoms with E-state index in [0.29, 0.717) is 0 Å². The van der Waals surface area contributed by atoms with Gasteiger partial charge in [0.25, 0.3) is 0 Å². The average molecular weight is 341 g/mol. The van der Waals surface area contributed by atoms with Crippen LogP contribution in [0, 0.1) is 5.92 Å². The number of carbonyl (C=O) groups is 1. The summed E-state index contributed by atoms with van der Waals surface area (Å²) in [4.78, 5) is 16.7. The first-order valence-electron chi connectivity index (χ1n) is 8.65. The van der Waals surface area contributed by atoms with Gasteiger partial charge >= 0.3 is 0 Å². The number of hydrogen-bond acceptors (Lipinski definition) is 3. The summed E-state index contributed by atoms with van der Waals surface area (Å²) in [5.74, 6) is -0.184. The van der Waals surface area contributed by atoms with Crippen molar-refractivity contribution in [2.45, 2.75) is 11.8 Å². The Bertz CT molecular complexity index is 868. The predicted octanol–water partition coefficient (Wildman–Crippen LogP) is 3.54. The van der Waals surface area contributed by atoms with Gasteiger partial charge in [-0.25, -0.2) is 5.43 Å². The van der Waals surface area contributed by atoms with Gasteiger partial charge in [0.1, 0.15) is 0 Å². The quantitative estimate of drug-likeness (QED) is 0.570. The summed E-state index contributed by atoms with van der Waals surface area (Å²) in [5.41, 5.74) is 5.61. The van der Waals surface area contributed by atoms with E-state index in [1.54, 1.807) is 18.6 Å². The summed E-state index contributed by atoms with van der Waals surface area (Å²) in [5, 5.41) is 4.09. The van der Waals surface area contributed by atoms with Gasteiger partial charge in [-0.3, -0.25) is 9.78 Å². The second-order valence-corrected chi connectivity index (χ2v) is 6.48. The molecule has 26 heavy (non-hydrogen) atoms. The summed E-state index contributed by atoms with van der Waals surface area (Å²) in [6.45, 7) is 0. The minimum Gasteiger partial charge on any atom is -0.273 e. The number of carbonyl (C=O) groups excluding carboxylic acids is 1. The second-order valence-electron chi connectivity index (χ2n) is 6.48. The molecule has 1 heterocycles. The Morgan fingerprint density at radius 1 is 1.00 bits per heavy atom. The summed E-state index contributed by atoms with van der Waals surface area (Å²) in [6, 6.07) is 24.2. The third-order valence-corrected chi connectivity index (χ3v) is 4.93. The molecule has 1 aliphatic carbocycles. The van der Waals surface area contributed by atoms with Gasteiger partial charge in [0.05, 0.1) is 12.1 Å². The zero-order chi connectivity index (χ0) is 17.8. The maximum atomic E-state index is 12.7. The normalized spacial score (nSPS) is 17.8. The van der Waals surface area contributed by atoms with Crippen molar-refractivity contribution >= 4 is 12.1 Å². The molecule has 0 saturated heterocycles. The number of nitrogens with one attached hydrogen (secondary N) is 1. The van der Waals surface area contributed by atoms with Gasteiger partial charge in [0.15, 0.2) is 0 Å². The van der Waals surface area contributed by atoms with Gasteiger partial charge in [0, 0.05) is 23.4 Å². The second kappa shape index (κ2) is 6.92. The number of nitrogens with zero attached hydrogens (tertiary/aromatic N) is 2. The standard InChI is InChI=1S/C22H19N3O/c26-21(25-24-16-17-8-7-13-23-15-17)20-14-22(20,18-9-3-1-4-10-18)19-11-5-2-6-12-19/h1-13,15-16,20H,14H2,(H,25,26)/b24-16-/t20-/m1/s1. The van der Waals surface area contributed by atoms with Crippen molar-refractivity contribution in [1.29, 1.82) is 0 Å². The van der Waals surface area contributed by atoms with Crippen molar-refractivity contribution in [2.75, 3.05) is 0 Å². The van der Waals surface area contributed by atoms with Crippen LogP contribution in [0.15, 0.2) is 90.3 Å². The third kappa shape index (κ3) is 3.02. The van der Waals surface area contributed by atoms with Crippen LogP contribution < -0.4 is 5.43 Å². The predicted molar refractivity (Wildman–Crippen MR) is 102 cm³/mol. The van der Waals surface area contributed by atoms with E-state index in [0.717, 1.165) is 12.0 Å². The van der Waals surface area contributed by atoms with Crippen molar-refractivity contribution in [3.05, 3.63) is 102 Å². The number of benzene rings is 2. The first kappa shape index (κ1) is 16.2. The molecule has 0 bridgehead atoms. The van der Waals surface area contributed by atoms with Crippen molar-refractivity contribution in [1.82, 2.24) is 10.4 Å². The molecule has 2 aromatic carbocycles. The van der Waals surface area contributed by atoms with Gasteiger partial charge in [-0.15, -0.1) is 0 Å². The van der Waals surface area contributed by atoms with E-state index in [4.69, 9.17) is 0 Å². The molecule has 4 heteroatoms. The zero-order valence-electron chi connectivity index (χ0n) is 14.2. The highest BCUT2D eigenvalue weighted by Gasteiger charge is 2.60. The number of pyridine rings is 1. The molecular formula is C22H19N3O. The highest BCUT2D eigenvalue weighted by Crippen LogP contribution is 2.58. The summed E-state index contributed by atoms with van der Waals surface area (Å²) < 4.78 is 0. The van der Waals surface area contributed by atoms with Crippen LogP contribution in [0.5, 0.6) is 0 Å². The number of hydrazone groups is 1. The van der Waals surface area contributed by atoms with Crippen molar-refractivity contribution in [2.24, 2.45) is 11.0 Å². The molecule has 0 radical (unpaired) electrons. The van der Waals surface area contributed by atoms with Crippen LogP contribution in [0.1, 0.15) is 23.1 Å². The lowest BCUT2D eigenvalue weighted by atomic mass is 9.85. The van der Waals surface area contributed by atoms with Gasteiger partial charge in [-0.05, 0) is 23.6 Å². The molecule has 1 aromatic heterocycles. The highest BCUT2D eigenvalue weighted by atomic mass is 16.2. The maximum absolute atomic E-state index is 12.7. The fourth-order valence-corrected chi connectivity index (χ4v) is 3.56. The summed E-state index contributed by atoms with van der Waals surface area (Å²) in [6.07, 6.45) is 5.80. The van der Waals surface area contributed by atoms with Crippen molar-refractivity contribution in [3.63, 3.8) is 0 Å². The molecule has 4 rings (SSSR count). The Hall–Kier alpha value is -3.27. The molecule has 1 N–H and O–H groups in total. The summed E-state index contributed by atoms with van der Waals surface area (Å²) >= 11 is 0. The van der Waals surface area contributed by atoms with Crippen LogP contribution >= 0.6 is 0 Å². The van der Waals surface area contributed by atoms with E-state index in [2.05, 4.69) is 39.8 Å². The maximum Gasteiger partial charge on any atom is 0.244 e. The monoisotopic (exact) mass is 341 g/mol. The minimum absolute atomic E-state index is 0.0575. The molecule has 1 atom stereocenters. The van der Waals surface area contributed by atoms with E-state index >= 15 is 0 Å². The van der Waals surface area contributed by atoms with Crippen LogP contribution in [0.4, 0.5) is 0 Å². The fourth-order valence-electron chi connectivity index (χ4n) is 3.56. The number of aromatic nitrogens is 1. The van der Waals surface area contributed by atoms with Crippen LogP contribution in [-0.4, -0.2) is 17.1 Å². The van der Waals surface area contributed by atoms with Crippen LogP contribution in [-0.2, 0) is 10.2 Å². The lowest BCUT2D eigenvalue weighted by Crippen LogP contribution is -2.25. The van der Waals surface area contributed by atoms with Crippen LogP contribution in [0.3, 0.4) is 0 Å². The van der Waals surface area contributed by atoms with E-state index in [1.807, 2.05) is 48.5 Å². The molecule has 0 unspecified atom stereocenters. The smallest absolute Gasteiger partial charge is 0.244 e. The Balaban J connectivity index is 1.55. The Morgan fingerprint density at radius 2 is 1.65 bits per heavy atom. The van der Waals surface area contributed by atoms with Gasteiger partial charge in [-0.2, -0.15) is 5.10 Å². The average Bonchev–Trinajstić information content (AvgIpc) is 3.47. The van der Waals surface area contributed by atoms with Crippen LogP contribution in [0.25, 0.3) is 0 Å². The van der Waals surface area contributed by atoms with Crippen LogP contribution in [0.2, 0.25) is 0 Å². The molecular weight excluding hydrogens is 322 g/mol. The minimum atomic E-state index is -0.267. The Kier molecular flexibility index (Phi) is 4.32. The molecule has 1 saturated carbocycles. The Labute approximate surface area is 152 Å². The van der Waals surface area contributed by atoms with E-state index in [1.165, 1.54) is 11.1 Å². The number of rotatable bonds is 5. The molecule has 1 aliphatic rings. The van der Waals surface area contributed by atoms with E-state index in [9.17, 15) is 4.79 Å². The molecule has 3 aromatic rings. The van der Waals surface area contributed by atoms with Gasteiger partial charge in [-0.1, -0.05) is 66.7 Å². The van der Waals surface area contributed by atoms with Gasteiger partial charge in [0.2, 0.25) is 5.91 Å². The van der Waals surface area contributed by atoms with E-state index in [-0.39, 0.29) is 17.2 Å². The molecule has 128 valence electrons. The lowest BCUT2D eigenvalue weighted by Gasteiger charge is -2.18. The third-order valence-electron chi connectivity index (χ3n) is 4.93. The largest absolute Gasteiger partial charge is 0.273 e. The molecule has 1 amide bonds. The SMILES string of the molecule is O=C(N/N=C\c1cccnc1)[C@H]1CC1(c1ccccc1)c1ccccc1. The first-order valence-corrected chi connectivity index (χ1v) is 8.65. The van der Waals surface area contributed by atoms with Crippen molar-refractivity contribution < 1.29 is 4.79 Å². The van der Waals surface area contributed by atoms with E-state index < -0.39 is 0 Å². The van der Waals surface area contributed by atoms with Gasteiger partial charge < -0.3 is 0 Å². The molecule has 4 nitrogen and oxygen atoms in total. The highest BCUT2D eigenvalue weighted by molar-refractivity contribution is 5.87. The fraction of sp³-hybridized carbons (Fsp3) is 0.136. The molecule has 0 spiro atoms. The molecule has 1 fully saturated rings. The lowest BCUT2D eigenvalue weighted by molar-refractivity contribution is -0.122.